The van der Waals surface area contributed by atoms with Crippen molar-refractivity contribution in [3.8, 4) is 0 Å². The van der Waals surface area contributed by atoms with Gasteiger partial charge in [0.2, 0.25) is 0 Å². The lowest BCUT2D eigenvalue weighted by molar-refractivity contribution is 0.0954. The molecule has 0 bridgehead atoms. The van der Waals surface area contributed by atoms with E-state index in [0.717, 1.165) is 3.57 Å². The van der Waals surface area contributed by atoms with E-state index < -0.39 is 0 Å². The van der Waals surface area contributed by atoms with Gasteiger partial charge >= 0.3 is 0 Å². The van der Waals surface area contributed by atoms with Crippen molar-refractivity contribution in [3.05, 3.63) is 63.2 Å². The molecular weight excluding hydrogens is 379 g/mol. The Morgan fingerprint density at radius 1 is 1.05 bits per heavy atom. The maximum absolute atomic E-state index is 12.2. The summed E-state index contributed by atoms with van der Waals surface area (Å²) in [6, 6.07) is 14.2. The third-order valence-electron chi connectivity index (χ3n) is 2.84. The van der Waals surface area contributed by atoms with Crippen LogP contribution < -0.4 is 10.6 Å². The van der Waals surface area contributed by atoms with Gasteiger partial charge in [0.05, 0.1) is 5.56 Å². The number of nitrogens with one attached hydrogen (secondary N) is 2. The van der Waals surface area contributed by atoms with Crippen LogP contribution in [0, 0.1) is 3.57 Å². The largest absolute Gasteiger partial charge is 0.352 e. The summed E-state index contributed by atoms with van der Waals surface area (Å²) in [5, 5.41) is 5.54. The first-order chi connectivity index (χ1) is 10.1. The van der Waals surface area contributed by atoms with Gasteiger partial charge < -0.3 is 10.6 Å². The number of hydrogen-bond acceptors (Lipinski definition) is 2. The molecule has 2 N–H and O–H groups in total. The third-order valence-corrected chi connectivity index (χ3v) is 3.78. The fourth-order valence-electron chi connectivity index (χ4n) is 1.84. The molecule has 2 aromatic carbocycles. The topological polar surface area (TPSA) is 58.2 Å². The summed E-state index contributed by atoms with van der Waals surface area (Å²) in [5.74, 6) is -0.337. The van der Waals surface area contributed by atoms with Gasteiger partial charge in [-0.05, 0) is 59.8 Å². The molecule has 0 heterocycles. The summed E-state index contributed by atoms with van der Waals surface area (Å²) < 4.78 is 0.882. The van der Waals surface area contributed by atoms with E-state index in [1.54, 1.807) is 30.3 Å². The lowest BCUT2D eigenvalue weighted by atomic mass is 10.1. The van der Waals surface area contributed by atoms with E-state index in [1.165, 1.54) is 0 Å². The predicted molar refractivity (Wildman–Crippen MR) is 91.6 cm³/mol. The zero-order valence-electron chi connectivity index (χ0n) is 11.5. The van der Waals surface area contributed by atoms with Crippen molar-refractivity contribution in [2.24, 2.45) is 0 Å². The zero-order valence-corrected chi connectivity index (χ0v) is 13.7. The van der Waals surface area contributed by atoms with Gasteiger partial charge in [-0.25, -0.2) is 0 Å². The molecule has 0 atom stereocenters. The molecule has 0 spiro atoms. The maximum atomic E-state index is 12.2. The normalized spacial score (nSPS) is 10.0. The molecule has 0 aliphatic rings. The summed E-state index contributed by atoms with van der Waals surface area (Å²) in [6.45, 7) is 2.43. The van der Waals surface area contributed by atoms with E-state index in [0.29, 0.717) is 23.4 Å². The van der Waals surface area contributed by atoms with E-state index in [1.807, 2.05) is 25.1 Å². The monoisotopic (exact) mass is 394 g/mol. The van der Waals surface area contributed by atoms with Crippen LogP contribution in [0.2, 0.25) is 0 Å². The number of anilines is 1. The Morgan fingerprint density at radius 2 is 1.81 bits per heavy atom. The van der Waals surface area contributed by atoms with Crippen molar-refractivity contribution in [1.29, 1.82) is 0 Å². The lowest BCUT2D eigenvalue weighted by Crippen LogP contribution is -2.22. The smallest absolute Gasteiger partial charge is 0.256 e. The van der Waals surface area contributed by atoms with Crippen molar-refractivity contribution < 1.29 is 9.59 Å². The number of rotatable bonds is 4. The molecule has 108 valence electrons. The minimum absolute atomic E-state index is 0.150. The van der Waals surface area contributed by atoms with E-state index in [9.17, 15) is 9.59 Å². The first-order valence-electron chi connectivity index (χ1n) is 6.56. The van der Waals surface area contributed by atoms with Gasteiger partial charge in [0.15, 0.2) is 0 Å². The Balaban J connectivity index is 2.17. The van der Waals surface area contributed by atoms with E-state index in [2.05, 4.69) is 33.2 Å². The molecule has 0 saturated carbocycles. The number of halogens is 1. The van der Waals surface area contributed by atoms with Gasteiger partial charge in [-0.2, -0.15) is 0 Å². The average molecular weight is 394 g/mol. The fourth-order valence-corrected chi connectivity index (χ4v) is 2.48. The summed E-state index contributed by atoms with van der Waals surface area (Å²) >= 11 is 2.12. The van der Waals surface area contributed by atoms with E-state index in [-0.39, 0.29) is 11.8 Å². The molecule has 0 aromatic heterocycles. The van der Waals surface area contributed by atoms with Crippen molar-refractivity contribution in [2.75, 3.05) is 11.9 Å². The first-order valence-corrected chi connectivity index (χ1v) is 7.64. The fraction of sp³-hybridized carbons (Fsp3) is 0.125. The Morgan fingerprint density at radius 3 is 2.52 bits per heavy atom. The van der Waals surface area contributed by atoms with Crippen LogP contribution in [0.5, 0.6) is 0 Å². The highest BCUT2D eigenvalue weighted by molar-refractivity contribution is 14.1. The highest BCUT2D eigenvalue weighted by Gasteiger charge is 2.10. The van der Waals surface area contributed by atoms with E-state index in [4.69, 9.17) is 0 Å². The second-order valence-electron chi connectivity index (χ2n) is 4.37. The van der Waals surface area contributed by atoms with Gasteiger partial charge in [-0.1, -0.05) is 18.2 Å². The van der Waals surface area contributed by atoms with Crippen LogP contribution in [0.1, 0.15) is 27.6 Å². The number of carbonyl (C=O) groups is 2. The summed E-state index contributed by atoms with van der Waals surface area (Å²) in [5.41, 5.74) is 1.74. The number of benzene rings is 2. The Bertz CT molecular complexity index is 671. The SMILES string of the molecule is CCNC(=O)c1cccc(NC(=O)c2ccccc2I)c1. The molecule has 2 rings (SSSR count). The average Bonchev–Trinajstić information content (AvgIpc) is 2.48. The molecule has 0 aliphatic heterocycles. The first kappa shape index (κ1) is 15.5. The lowest BCUT2D eigenvalue weighted by Gasteiger charge is -2.08. The predicted octanol–water partition coefficient (Wildman–Crippen LogP) is 3.29. The molecule has 5 heteroatoms. The molecule has 0 unspecified atom stereocenters. The molecule has 0 fully saturated rings. The van der Waals surface area contributed by atoms with Gasteiger partial charge in [0, 0.05) is 21.4 Å². The second-order valence-corrected chi connectivity index (χ2v) is 5.54. The van der Waals surface area contributed by atoms with Gasteiger partial charge in [0.1, 0.15) is 0 Å². The van der Waals surface area contributed by atoms with E-state index >= 15 is 0 Å². The zero-order chi connectivity index (χ0) is 15.2. The van der Waals surface area contributed by atoms with Gasteiger partial charge in [-0.3, -0.25) is 9.59 Å². The van der Waals surface area contributed by atoms with Crippen LogP contribution in [-0.2, 0) is 0 Å². The van der Waals surface area contributed by atoms with Crippen molar-refractivity contribution in [1.82, 2.24) is 5.32 Å². The summed E-state index contributed by atoms with van der Waals surface area (Å²) in [4.78, 5) is 24.0. The van der Waals surface area contributed by atoms with Crippen LogP contribution >= 0.6 is 22.6 Å². The van der Waals surface area contributed by atoms with Crippen molar-refractivity contribution in [2.45, 2.75) is 6.92 Å². The highest BCUT2D eigenvalue weighted by Crippen LogP contribution is 2.16. The van der Waals surface area contributed by atoms with Crippen LogP contribution in [0.15, 0.2) is 48.5 Å². The molecule has 21 heavy (non-hydrogen) atoms. The van der Waals surface area contributed by atoms with Crippen molar-refractivity contribution in [3.63, 3.8) is 0 Å². The van der Waals surface area contributed by atoms with Crippen LogP contribution in [0.25, 0.3) is 0 Å². The maximum Gasteiger partial charge on any atom is 0.256 e. The quantitative estimate of drug-likeness (QED) is 0.782. The molecular formula is C16H15IN2O2. The summed E-state index contributed by atoms with van der Waals surface area (Å²) in [7, 11) is 0. The second kappa shape index (κ2) is 7.21. The van der Waals surface area contributed by atoms with Gasteiger partial charge in [0.25, 0.3) is 11.8 Å². The molecule has 0 radical (unpaired) electrons. The molecule has 2 aromatic rings. The van der Waals surface area contributed by atoms with Gasteiger partial charge in [-0.15, -0.1) is 0 Å². The summed E-state index contributed by atoms with van der Waals surface area (Å²) in [6.07, 6.45) is 0. The number of carbonyl (C=O) groups excluding carboxylic acids is 2. The molecule has 2 amide bonds. The minimum atomic E-state index is -0.187. The third kappa shape index (κ3) is 4.04. The molecule has 0 saturated heterocycles. The standard InChI is InChI=1S/C16H15IN2O2/c1-2-18-15(20)11-6-5-7-12(10-11)19-16(21)13-8-3-4-9-14(13)17/h3-10H,2H2,1H3,(H,18,20)(H,19,21). The highest BCUT2D eigenvalue weighted by atomic mass is 127. The Hall–Kier alpha value is -1.89. The number of hydrogen-bond donors (Lipinski definition) is 2. The van der Waals surface area contributed by atoms with Crippen LogP contribution in [-0.4, -0.2) is 18.4 Å². The minimum Gasteiger partial charge on any atom is -0.352 e. The number of amides is 2. The molecule has 4 nitrogen and oxygen atoms in total. The molecule has 0 aliphatic carbocycles. The van der Waals surface area contributed by atoms with Crippen LogP contribution in [0.3, 0.4) is 0 Å². The van der Waals surface area contributed by atoms with Crippen molar-refractivity contribution >= 4 is 40.1 Å². The van der Waals surface area contributed by atoms with Crippen LogP contribution in [0.4, 0.5) is 5.69 Å². The Kier molecular flexibility index (Phi) is 5.32. The Labute approximate surface area is 137 Å².